The molecule has 1 aliphatic heterocycles. The van der Waals surface area contributed by atoms with Gasteiger partial charge in [0.05, 0.1) is 0 Å². The normalized spacial score (nSPS) is 15.7. The quantitative estimate of drug-likeness (QED) is 0.764. The molecule has 0 aromatic heterocycles. The Labute approximate surface area is 96.5 Å². The Morgan fingerprint density at radius 3 is 1.93 bits per heavy atom. The molecule has 1 saturated heterocycles. The van der Waals surface area contributed by atoms with Gasteiger partial charge in [-0.3, -0.25) is 0 Å². The van der Waals surface area contributed by atoms with Gasteiger partial charge in [-0.05, 0) is 32.4 Å². The van der Waals surface area contributed by atoms with E-state index in [-0.39, 0.29) is 0 Å². The molecule has 2 N–H and O–H groups in total. The maximum atomic E-state index is 4.92. The second kappa shape index (κ2) is 10.0. The number of likely N-dealkylation sites (tertiary alicyclic amines) is 1. The lowest BCUT2D eigenvalue weighted by Gasteiger charge is -2.41. The van der Waals surface area contributed by atoms with E-state index in [0.717, 1.165) is 12.0 Å². The zero-order valence-electron chi connectivity index (χ0n) is 11.5. The highest BCUT2D eigenvalue weighted by molar-refractivity contribution is 4.80. The number of allylic oxidation sites excluding steroid dienone is 1. The number of nitrogens with two attached hydrogens (primary N) is 1. The van der Waals surface area contributed by atoms with Gasteiger partial charge in [0.2, 0.25) is 0 Å². The van der Waals surface area contributed by atoms with Crippen LogP contribution in [-0.2, 0) is 0 Å². The molecule has 1 rings (SSSR count). The molecule has 15 heavy (non-hydrogen) atoms. The van der Waals surface area contributed by atoms with Gasteiger partial charge in [0, 0.05) is 19.1 Å². The molecule has 1 fully saturated rings. The summed E-state index contributed by atoms with van der Waals surface area (Å²) in [5.74, 6) is 1.01. The van der Waals surface area contributed by atoms with E-state index in [9.17, 15) is 0 Å². The third kappa shape index (κ3) is 9.80. The summed E-state index contributed by atoms with van der Waals surface area (Å²) < 4.78 is 0. The molecule has 0 saturated carbocycles. The fourth-order valence-electron chi connectivity index (χ4n) is 1.29. The molecule has 92 valence electrons. The molecule has 0 atom stereocenters. The molecule has 2 heteroatoms. The van der Waals surface area contributed by atoms with Gasteiger partial charge >= 0.3 is 0 Å². The number of rotatable bonds is 2. The van der Waals surface area contributed by atoms with Crippen LogP contribution in [0.5, 0.6) is 0 Å². The summed E-state index contributed by atoms with van der Waals surface area (Å²) in [6.07, 6.45) is 1.36. The van der Waals surface area contributed by atoms with Gasteiger partial charge in [0.25, 0.3) is 0 Å². The fraction of sp³-hybridized carbons (Fsp3) is 0.846. The van der Waals surface area contributed by atoms with Crippen LogP contribution in [0.1, 0.15) is 48.0 Å². The van der Waals surface area contributed by atoms with Crippen molar-refractivity contribution in [1.82, 2.24) is 4.90 Å². The predicted octanol–water partition coefficient (Wildman–Crippen LogP) is 3.24. The first-order chi connectivity index (χ1) is 6.97. The second-order valence-corrected chi connectivity index (χ2v) is 4.17. The first kappa shape index (κ1) is 16.9. The zero-order valence-corrected chi connectivity index (χ0v) is 11.5. The van der Waals surface area contributed by atoms with Crippen molar-refractivity contribution in [2.75, 3.05) is 13.1 Å². The fourth-order valence-corrected chi connectivity index (χ4v) is 1.29. The first-order valence-electron chi connectivity index (χ1n) is 6.12. The lowest BCUT2D eigenvalue weighted by molar-refractivity contribution is 0.0658. The largest absolute Gasteiger partial charge is 0.403 e. The molecule has 0 radical (unpaired) electrons. The van der Waals surface area contributed by atoms with Crippen LogP contribution in [0.3, 0.4) is 0 Å². The monoisotopic (exact) mass is 214 g/mol. The van der Waals surface area contributed by atoms with Gasteiger partial charge in [0.1, 0.15) is 0 Å². The lowest BCUT2D eigenvalue weighted by Crippen LogP contribution is -2.49. The van der Waals surface area contributed by atoms with E-state index in [1.54, 1.807) is 6.92 Å². The minimum Gasteiger partial charge on any atom is -0.403 e. The maximum Gasteiger partial charge on any atom is 0.00388 e. The summed E-state index contributed by atoms with van der Waals surface area (Å²) >= 11 is 0. The molecular formula is C13H30N2. The van der Waals surface area contributed by atoms with E-state index in [4.69, 9.17) is 5.73 Å². The minimum absolute atomic E-state index is 0.667. The Bertz CT molecular complexity index is 143. The van der Waals surface area contributed by atoms with E-state index in [1.165, 1.54) is 19.5 Å². The molecule has 1 aliphatic rings. The summed E-state index contributed by atoms with van der Waals surface area (Å²) in [5, 5.41) is 0. The molecular weight excluding hydrogens is 184 g/mol. The minimum atomic E-state index is 0.667. The highest BCUT2D eigenvalue weighted by atomic mass is 15.2. The van der Waals surface area contributed by atoms with Crippen molar-refractivity contribution >= 4 is 0 Å². The van der Waals surface area contributed by atoms with E-state index < -0.39 is 0 Å². The van der Waals surface area contributed by atoms with E-state index in [1.807, 2.05) is 13.8 Å². The molecule has 0 unspecified atom stereocenters. The van der Waals surface area contributed by atoms with Crippen LogP contribution in [0, 0.1) is 5.92 Å². The van der Waals surface area contributed by atoms with Gasteiger partial charge in [0.15, 0.2) is 0 Å². The summed E-state index contributed by atoms with van der Waals surface area (Å²) in [5.41, 5.74) is 5.58. The van der Waals surface area contributed by atoms with Gasteiger partial charge in [-0.2, -0.15) is 0 Å². The van der Waals surface area contributed by atoms with Crippen molar-refractivity contribution in [3.05, 3.63) is 12.3 Å². The van der Waals surface area contributed by atoms with Crippen molar-refractivity contribution in [2.45, 2.75) is 54.0 Å². The van der Waals surface area contributed by atoms with E-state index >= 15 is 0 Å². The summed E-state index contributed by atoms with van der Waals surface area (Å²) in [7, 11) is 0. The number of nitrogens with zero attached hydrogens (tertiary/aromatic N) is 1. The molecule has 0 bridgehead atoms. The van der Waals surface area contributed by atoms with Gasteiger partial charge in [-0.25, -0.2) is 0 Å². The predicted molar refractivity (Wildman–Crippen MR) is 70.8 cm³/mol. The van der Waals surface area contributed by atoms with Gasteiger partial charge in [-0.15, -0.1) is 0 Å². The average molecular weight is 214 g/mol. The second-order valence-electron chi connectivity index (χ2n) is 4.17. The molecule has 0 aromatic carbocycles. The van der Waals surface area contributed by atoms with Crippen molar-refractivity contribution < 1.29 is 0 Å². The Morgan fingerprint density at radius 1 is 1.40 bits per heavy atom. The van der Waals surface area contributed by atoms with Crippen molar-refractivity contribution in [2.24, 2.45) is 11.7 Å². The van der Waals surface area contributed by atoms with Crippen molar-refractivity contribution in [1.29, 1.82) is 0 Å². The standard InChI is InChI=1S/C8H17N.C3H7N.C2H6/c1-4-8-5-9(6-8)7(2)3;1-3(2)4;1-2/h7-8H,4-6H2,1-3H3;1,4H2,2H3;1-2H3. The number of hydrogen-bond donors (Lipinski definition) is 1. The third-order valence-electron chi connectivity index (χ3n) is 2.29. The summed E-state index contributed by atoms with van der Waals surface area (Å²) in [6.45, 7) is 18.6. The van der Waals surface area contributed by atoms with Crippen LogP contribution >= 0.6 is 0 Å². The van der Waals surface area contributed by atoms with E-state index in [0.29, 0.717) is 5.70 Å². The van der Waals surface area contributed by atoms with Gasteiger partial charge < -0.3 is 10.6 Å². The highest BCUT2D eigenvalue weighted by Crippen LogP contribution is 2.20. The van der Waals surface area contributed by atoms with Crippen LogP contribution in [-0.4, -0.2) is 24.0 Å². The molecule has 0 aromatic rings. The van der Waals surface area contributed by atoms with Crippen LogP contribution in [0.2, 0.25) is 0 Å². The average Bonchev–Trinajstić information content (AvgIpc) is 2.04. The van der Waals surface area contributed by atoms with Crippen LogP contribution in [0.4, 0.5) is 0 Å². The first-order valence-corrected chi connectivity index (χ1v) is 6.12. The smallest absolute Gasteiger partial charge is 0.00388 e. The Morgan fingerprint density at radius 2 is 1.73 bits per heavy atom. The summed E-state index contributed by atoms with van der Waals surface area (Å²) in [6, 6.07) is 0.771. The molecule has 0 spiro atoms. The molecule has 1 heterocycles. The van der Waals surface area contributed by atoms with Crippen LogP contribution in [0.25, 0.3) is 0 Å². The zero-order chi connectivity index (χ0) is 12.4. The van der Waals surface area contributed by atoms with Gasteiger partial charge in [-0.1, -0.05) is 33.8 Å². The Kier molecular flexibility index (Phi) is 11.3. The maximum absolute atomic E-state index is 4.92. The third-order valence-corrected chi connectivity index (χ3v) is 2.29. The number of hydrogen-bond acceptors (Lipinski definition) is 2. The summed E-state index contributed by atoms with van der Waals surface area (Å²) in [4.78, 5) is 2.52. The lowest BCUT2D eigenvalue weighted by atomic mass is 9.96. The molecule has 2 nitrogen and oxygen atoms in total. The Hall–Kier alpha value is -0.500. The van der Waals surface area contributed by atoms with Crippen molar-refractivity contribution in [3.8, 4) is 0 Å². The van der Waals surface area contributed by atoms with Crippen molar-refractivity contribution in [3.63, 3.8) is 0 Å². The topological polar surface area (TPSA) is 29.3 Å². The van der Waals surface area contributed by atoms with E-state index in [2.05, 4.69) is 32.3 Å². The SMILES string of the molecule is C=C(C)N.CC.CCC1CN(C(C)C)C1. The van der Waals surface area contributed by atoms with Crippen LogP contribution < -0.4 is 5.73 Å². The Balaban J connectivity index is 0. The molecule has 0 amide bonds. The van der Waals surface area contributed by atoms with Crippen LogP contribution in [0.15, 0.2) is 12.3 Å². The molecule has 0 aliphatic carbocycles. The highest BCUT2D eigenvalue weighted by Gasteiger charge is 2.26.